The van der Waals surface area contributed by atoms with Crippen molar-refractivity contribution < 1.29 is 8.42 Å². The molecule has 0 aliphatic carbocycles. The number of hydrogen-bond acceptors (Lipinski definition) is 4. The average molecular weight is 357 g/mol. The highest BCUT2D eigenvalue weighted by atomic mass is 32.2. The van der Waals surface area contributed by atoms with Crippen molar-refractivity contribution in [2.24, 2.45) is 0 Å². The summed E-state index contributed by atoms with van der Waals surface area (Å²) in [6.45, 7) is 2.12. The van der Waals surface area contributed by atoms with E-state index in [4.69, 9.17) is 0 Å². The zero-order chi connectivity index (χ0) is 18.0. The van der Waals surface area contributed by atoms with Crippen LogP contribution in [0.1, 0.15) is 16.7 Å². The largest absolute Gasteiger partial charge is 0.322 e. The van der Waals surface area contributed by atoms with Gasteiger partial charge in [0.1, 0.15) is 0 Å². The van der Waals surface area contributed by atoms with Crippen LogP contribution in [0, 0.1) is 6.92 Å². The van der Waals surface area contributed by atoms with Gasteiger partial charge in [0.15, 0.2) is 0 Å². The van der Waals surface area contributed by atoms with Gasteiger partial charge in [-0.15, -0.1) is 0 Å². The lowest BCUT2D eigenvalue weighted by Gasteiger charge is -2.19. The third-order valence-electron chi connectivity index (χ3n) is 3.98. The highest BCUT2D eigenvalue weighted by Crippen LogP contribution is 2.16. The molecule has 0 radical (unpaired) electrons. The van der Waals surface area contributed by atoms with Crippen LogP contribution in [0.2, 0.25) is 0 Å². The Kier molecular flexibility index (Phi) is 4.69. The highest BCUT2D eigenvalue weighted by Gasteiger charge is 2.19. The third-order valence-corrected chi connectivity index (χ3v) is 5.17. The molecule has 0 atom stereocenters. The number of rotatable bonds is 5. The second-order valence-electron chi connectivity index (χ2n) is 6.11. The van der Waals surface area contributed by atoms with Crippen molar-refractivity contribution in [3.63, 3.8) is 0 Å². The molecule has 6 nitrogen and oxygen atoms in total. The molecule has 3 aromatic rings. The molecule has 0 saturated carbocycles. The first kappa shape index (κ1) is 17.3. The van der Waals surface area contributed by atoms with Gasteiger partial charge in [0, 0.05) is 36.6 Å². The van der Waals surface area contributed by atoms with E-state index in [0.29, 0.717) is 5.56 Å². The predicted molar refractivity (Wildman–Crippen MR) is 97.6 cm³/mol. The molecule has 0 unspecified atom stereocenters. The third kappa shape index (κ3) is 4.12. The maximum atomic E-state index is 12.4. The summed E-state index contributed by atoms with van der Waals surface area (Å²) in [5.41, 5.74) is 2.68. The van der Waals surface area contributed by atoms with E-state index in [1.807, 2.05) is 25.1 Å². The van der Waals surface area contributed by atoms with Crippen molar-refractivity contribution in [2.75, 3.05) is 6.26 Å². The van der Waals surface area contributed by atoms with E-state index < -0.39 is 10.0 Å². The van der Waals surface area contributed by atoms with Crippen molar-refractivity contribution in [1.82, 2.24) is 14.3 Å². The van der Waals surface area contributed by atoms with Crippen LogP contribution in [0.25, 0.3) is 10.9 Å². The average Bonchev–Trinajstić information content (AvgIpc) is 2.55. The number of benzene rings is 1. The first-order valence-electron chi connectivity index (χ1n) is 7.79. The molecule has 2 aromatic heterocycles. The van der Waals surface area contributed by atoms with E-state index in [-0.39, 0.29) is 18.6 Å². The van der Waals surface area contributed by atoms with Gasteiger partial charge < -0.3 is 4.98 Å². The van der Waals surface area contributed by atoms with Crippen LogP contribution in [0.4, 0.5) is 0 Å². The number of sulfonamides is 1. The van der Waals surface area contributed by atoms with E-state index in [1.165, 1.54) is 4.31 Å². The van der Waals surface area contributed by atoms with Crippen molar-refractivity contribution in [1.29, 1.82) is 0 Å². The molecular weight excluding hydrogens is 338 g/mol. The predicted octanol–water partition coefficient (Wildman–Crippen LogP) is 2.19. The first-order chi connectivity index (χ1) is 11.8. The van der Waals surface area contributed by atoms with Gasteiger partial charge in [-0.2, -0.15) is 4.31 Å². The van der Waals surface area contributed by atoms with E-state index in [9.17, 15) is 13.2 Å². The fraction of sp³-hybridized carbons (Fsp3) is 0.222. The lowest BCUT2D eigenvalue weighted by atomic mass is 10.1. The lowest BCUT2D eigenvalue weighted by Crippen LogP contribution is -2.31. The number of nitrogens with one attached hydrogen (secondary N) is 1. The molecule has 7 heteroatoms. The molecule has 3 rings (SSSR count). The molecule has 1 aromatic carbocycles. The highest BCUT2D eigenvalue weighted by molar-refractivity contribution is 7.88. The minimum absolute atomic E-state index is 0.00682. The summed E-state index contributed by atoms with van der Waals surface area (Å²) >= 11 is 0. The smallest absolute Gasteiger partial charge is 0.252 e. The van der Waals surface area contributed by atoms with Gasteiger partial charge in [0.05, 0.1) is 6.26 Å². The Morgan fingerprint density at radius 3 is 2.64 bits per heavy atom. The Morgan fingerprint density at radius 2 is 1.96 bits per heavy atom. The molecule has 0 aliphatic rings. The fourth-order valence-electron chi connectivity index (χ4n) is 2.65. The molecule has 2 heterocycles. The number of aryl methyl sites for hydroxylation is 1. The van der Waals surface area contributed by atoms with Gasteiger partial charge in [-0.1, -0.05) is 18.2 Å². The number of pyridine rings is 2. The minimum atomic E-state index is -3.49. The normalized spacial score (nSPS) is 12.0. The number of aromatic amines is 1. The van der Waals surface area contributed by atoms with Crippen molar-refractivity contribution >= 4 is 20.9 Å². The van der Waals surface area contributed by atoms with Crippen LogP contribution in [0.15, 0.2) is 53.6 Å². The van der Waals surface area contributed by atoms with Crippen molar-refractivity contribution in [3.8, 4) is 0 Å². The Bertz CT molecular complexity index is 1060. The Labute approximate surface area is 146 Å². The molecule has 0 aliphatic heterocycles. The number of fused-ring (bicyclic) bond motifs is 1. The second kappa shape index (κ2) is 6.78. The summed E-state index contributed by atoms with van der Waals surface area (Å²) in [7, 11) is -3.49. The van der Waals surface area contributed by atoms with Gasteiger partial charge in [0.2, 0.25) is 10.0 Å². The Balaban J connectivity index is 1.97. The standard InChI is InChI=1S/C18H19N3O3S/c1-13-5-6-15-9-16(18(22)20-17(15)8-13)12-21(25(2,23)24)11-14-4-3-7-19-10-14/h3-10H,11-12H2,1-2H3,(H,20,22). The molecule has 130 valence electrons. The van der Waals surface area contributed by atoms with Crippen LogP contribution in [0.5, 0.6) is 0 Å². The number of H-pyrrole nitrogens is 1. The molecule has 0 spiro atoms. The maximum Gasteiger partial charge on any atom is 0.252 e. The molecule has 25 heavy (non-hydrogen) atoms. The van der Waals surface area contributed by atoms with Gasteiger partial charge >= 0.3 is 0 Å². The summed E-state index contributed by atoms with van der Waals surface area (Å²) in [5, 5.41) is 0.870. The van der Waals surface area contributed by atoms with E-state index in [1.54, 1.807) is 30.6 Å². The molecule has 0 amide bonds. The number of aromatic nitrogens is 2. The zero-order valence-corrected chi connectivity index (χ0v) is 14.9. The van der Waals surface area contributed by atoms with Crippen LogP contribution >= 0.6 is 0 Å². The number of nitrogens with zero attached hydrogens (tertiary/aromatic N) is 2. The van der Waals surface area contributed by atoms with Crippen LogP contribution in [-0.4, -0.2) is 28.9 Å². The maximum absolute atomic E-state index is 12.4. The minimum Gasteiger partial charge on any atom is -0.322 e. The zero-order valence-electron chi connectivity index (χ0n) is 14.1. The van der Waals surface area contributed by atoms with Crippen LogP contribution in [-0.2, 0) is 23.1 Å². The second-order valence-corrected chi connectivity index (χ2v) is 8.09. The van der Waals surface area contributed by atoms with Crippen molar-refractivity contribution in [2.45, 2.75) is 20.0 Å². The molecule has 0 fully saturated rings. The fourth-order valence-corrected chi connectivity index (χ4v) is 3.41. The van der Waals surface area contributed by atoms with Crippen molar-refractivity contribution in [3.05, 3.63) is 75.8 Å². The van der Waals surface area contributed by atoms with E-state index in [2.05, 4.69) is 9.97 Å². The lowest BCUT2D eigenvalue weighted by molar-refractivity contribution is 0.403. The van der Waals surface area contributed by atoms with Gasteiger partial charge in [-0.3, -0.25) is 9.78 Å². The quantitative estimate of drug-likeness (QED) is 0.759. The number of hydrogen-bond donors (Lipinski definition) is 1. The Morgan fingerprint density at radius 1 is 1.16 bits per heavy atom. The first-order valence-corrected chi connectivity index (χ1v) is 9.64. The van der Waals surface area contributed by atoms with E-state index >= 15 is 0 Å². The van der Waals surface area contributed by atoms with Crippen LogP contribution in [0.3, 0.4) is 0 Å². The van der Waals surface area contributed by atoms with E-state index in [0.717, 1.165) is 28.3 Å². The summed E-state index contributed by atoms with van der Waals surface area (Å²) < 4.78 is 25.6. The van der Waals surface area contributed by atoms with Crippen LogP contribution < -0.4 is 5.56 Å². The topological polar surface area (TPSA) is 83.1 Å². The van der Waals surface area contributed by atoms with Gasteiger partial charge in [-0.05, 0) is 41.6 Å². The van der Waals surface area contributed by atoms with Gasteiger partial charge in [0.25, 0.3) is 5.56 Å². The Hall–Kier alpha value is -2.51. The summed E-state index contributed by atoms with van der Waals surface area (Å²) in [4.78, 5) is 19.2. The summed E-state index contributed by atoms with van der Waals surface area (Å²) in [5.74, 6) is 0. The SMILES string of the molecule is Cc1ccc2cc(CN(Cc3cccnc3)S(C)(=O)=O)c(=O)[nH]c2c1. The molecule has 0 saturated heterocycles. The monoisotopic (exact) mass is 357 g/mol. The van der Waals surface area contributed by atoms with Gasteiger partial charge in [-0.25, -0.2) is 8.42 Å². The summed E-state index contributed by atoms with van der Waals surface area (Å²) in [6.07, 6.45) is 4.39. The molecular formula is C18H19N3O3S. The summed E-state index contributed by atoms with van der Waals surface area (Å²) in [6, 6.07) is 11.1. The molecule has 1 N–H and O–H groups in total. The molecule has 0 bridgehead atoms.